The number of carboxylic acid groups (broad SMARTS) is 2. The van der Waals surface area contributed by atoms with Crippen molar-refractivity contribution < 1.29 is 57.9 Å². The predicted molar refractivity (Wildman–Crippen MR) is 176 cm³/mol. The van der Waals surface area contributed by atoms with Crippen LogP contribution in [-0.2, 0) is 34.8 Å². The summed E-state index contributed by atoms with van der Waals surface area (Å²) in [4.78, 5) is 73.2. The molecular weight excluding hydrogens is 720 g/mol. The molecule has 5 rings (SSSR count). The minimum atomic E-state index is -1.83. The number of fused-ring (bicyclic) bond motifs is 1. The van der Waals surface area contributed by atoms with Gasteiger partial charge in [-0.2, -0.15) is 0 Å². The second-order valence-corrected chi connectivity index (χ2v) is 15.3. The molecule has 1 unspecified atom stereocenters. The number of thiazole rings is 1. The Balaban J connectivity index is 1.33. The number of nitrogens with zero attached hydrogens (tertiary/aromatic N) is 4. The number of quaternary nitrogens is 1. The summed E-state index contributed by atoms with van der Waals surface area (Å²) in [7, 11) is -1.83. The van der Waals surface area contributed by atoms with Crippen molar-refractivity contribution in [2.24, 2.45) is 11.1 Å². The van der Waals surface area contributed by atoms with Crippen LogP contribution in [0.2, 0.25) is 4.34 Å². The van der Waals surface area contributed by atoms with Crippen molar-refractivity contribution in [2.75, 3.05) is 44.2 Å². The molecule has 268 valence electrons. The van der Waals surface area contributed by atoms with E-state index in [2.05, 4.69) is 15.5 Å². The average Bonchev–Trinajstić information content (AvgIpc) is 3.65. The lowest BCUT2D eigenvalue weighted by molar-refractivity contribution is -0.911. The number of amides is 2. The Morgan fingerprint density at radius 1 is 1.26 bits per heavy atom. The molecule has 1 aromatic heterocycles. The normalized spacial score (nSPS) is 22.0. The molecule has 0 bridgehead atoms. The van der Waals surface area contributed by atoms with Crippen molar-refractivity contribution in [3.63, 3.8) is 0 Å². The number of Topliss-reactive ketones (excluding diaryl/α,β-unsaturated/α-hetero) is 1. The first-order valence-corrected chi connectivity index (χ1v) is 17.9. The van der Waals surface area contributed by atoms with Crippen LogP contribution in [0.3, 0.4) is 0 Å². The lowest BCUT2D eigenvalue weighted by Crippen LogP contribution is -2.67. The Morgan fingerprint density at radius 2 is 1.96 bits per heavy atom. The summed E-state index contributed by atoms with van der Waals surface area (Å²) in [5.74, 6) is -7.33. The zero-order valence-electron chi connectivity index (χ0n) is 26.5. The molecule has 0 saturated carbocycles. The van der Waals surface area contributed by atoms with E-state index < -0.39 is 81.3 Å². The molecule has 6 N–H and O–H groups in total. The third-order valence-electron chi connectivity index (χ3n) is 8.80. The van der Waals surface area contributed by atoms with E-state index in [0.717, 1.165) is 35.1 Å². The highest BCUT2D eigenvalue weighted by atomic mass is 35.5. The number of carboxylic acids is 2. The van der Waals surface area contributed by atoms with Gasteiger partial charge in [0.1, 0.15) is 21.9 Å². The fourth-order valence-electron chi connectivity index (χ4n) is 6.32. The second-order valence-electron chi connectivity index (χ2n) is 12.1. The number of carbonyl (C=O) groups excluding carboxylic acids is 4. The Morgan fingerprint density at radius 3 is 2.56 bits per heavy atom. The minimum Gasteiger partial charge on any atom is -0.543 e. The monoisotopic (exact) mass is 752 g/mol. The van der Waals surface area contributed by atoms with E-state index in [1.807, 2.05) is 0 Å². The molecule has 4 atom stereocenters. The van der Waals surface area contributed by atoms with Crippen LogP contribution >= 0.6 is 22.9 Å². The smallest absolute Gasteiger partial charge is 0.347 e. The van der Waals surface area contributed by atoms with Gasteiger partial charge in [-0.25, -0.2) is 9.78 Å². The number of benzene rings is 1. The number of halogens is 1. The molecule has 0 aliphatic carbocycles. The number of ketones is 1. The molecular formula is C30H33ClN6O11S2. The average molecular weight is 753 g/mol. The number of aromatic nitrogens is 1. The van der Waals surface area contributed by atoms with Crippen LogP contribution in [0.1, 0.15) is 42.2 Å². The van der Waals surface area contributed by atoms with E-state index in [1.54, 1.807) is 0 Å². The van der Waals surface area contributed by atoms with Crippen LogP contribution in [0.15, 0.2) is 34.6 Å². The summed E-state index contributed by atoms with van der Waals surface area (Å²) in [6.07, 6.45) is -0.406. The van der Waals surface area contributed by atoms with E-state index in [-0.39, 0.29) is 50.9 Å². The number of β-lactam (4-membered cyclic amide) rings is 1. The fourth-order valence-corrected chi connectivity index (χ4v) is 9.01. The Hall–Kier alpha value is -4.59. The summed E-state index contributed by atoms with van der Waals surface area (Å²) in [6.45, 7) is 3.13. The van der Waals surface area contributed by atoms with Gasteiger partial charge in [-0.05, 0) is 25.1 Å². The van der Waals surface area contributed by atoms with Crippen molar-refractivity contribution in [3.05, 3.63) is 45.1 Å². The number of oxime groups is 1. The number of phenolic OH excluding ortho intramolecular Hbond substituents is 2. The molecule has 2 aromatic rings. The van der Waals surface area contributed by atoms with Gasteiger partial charge in [0.2, 0.25) is 12.0 Å². The summed E-state index contributed by atoms with van der Waals surface area (Å²) < 4.78 is 13.9. The van der Waals surface area contributed by atoms with E-state index in [4.69, 9.17) is 27.3 Å². The number of aliphatic carboxylic acids is 2. The highest BCUT2D eigenvalue weighted by Crippen LogP contribution is 2.41. The maximum Gasteiger partial charge on any atom is 0.347 e. The number of nitrogens with one attached hydrogen (secondary N) is 1. The molecule has 0 spiro atoms. The zero-order valence-corrected chi connectivity index (χ0v) is 28.9. The first-order valence-electron chi connectivity index (χ1n) is 15.3. The van der Waals surface area contributed by atoms with Gasteiger partial charge >= 0.3 is 5.97 Å². The van der Waals surface area contributed by atoms with Gasteiger partial charge in [-0.15, -0.1) is 0 Å². The second kappa shape index (κ2) is 14.7. The number of rotatable bonds is 14. The van der Waals surface area contributed by atoms with Crippen LogP contribution in [-0.4, -0.2) is 119 Å². The van der Waals surface area contributed by atoms with Gasteiger partial charge in [-0.1, -0.05) is 28.1 Å². The fraction of sp³-hybridized carbons (Fsp3) is 0.433. The van der Waals surface area contributed by atoms with Crippen LogP contribution in [0.25, 0.3) is 0 Å². The SMILES string of the molecule is C[C@H](O/N=C(\C(=O)C[C@@H]1C(=O)N2C(C(=O)[O-])=C(C[N+]3(CCNC(=O)c4ccc(O)c(O)c4)CCCC3)CS(=O)[C@H]12)c1nc(N)sc1Cl)C(=O)O. The highest BCUT2D eigenvalue weighted by Gasteiger charge is 2.56. The number of hydrogen-bond acceptors (Lipinski definition) is 14. The molecule has 2 fully saturated rings. The van der Waals surface area contributed by atoms with Crippen molar-refractivity contribution >= 4 is 74.1 Å². The molecule has 20 heteroatoms. The first-order chi connectivity index (χ1) is 23.6. The molecule has 17 nitrogen and oxygen atoms in total. The van der Waals surface area contributed by atoms with Gasteiger partial charge in [0.05, 0.1) is 49.5 Å². The van der Waals surface area contributed by atoms with Crippen LogP contribution in [0.4, 0.5) is 5.13 Å². The topological polar surface area (TPSA) is 262 Å². The molecule has 2 amide bonds. The number of aromatic hydroxyl groups is 2. The Kier molecular flexibility index (Phi) is 10.8. The van der Waals surface area contributed by atoms with Crippen molar-refractivity contribution in [1.29, 1.82) is 0 Å². The van der Waals surface area contributed by atoms with E-state index >= 15 is 0 Å². The number of nitrogen functional groups attached to an aromatic ring is 1. The molecule has 3 aliphatic heterocycles. The molecule has 50 heavy (non-hydrogen) atoms. The first kappa shape index (κ1) is 36.7. The minimum absolute atomic E-state index is 0.0224. The van der Waals surface area contributed by atoms with Crippen molar-refractivity contribution in [2.45, 2.75) is 37.7 Å². The molecule has 0 radical (unpaired) electrons. The predicted octanol–water partition coefficient (Wildman–Crippen LogP) is -0.466. The third kappa shape index (κ3) is 7.44. The summed E-state index contributed by atoms with van der Waals surface area (Å²) in [5.41, 5.74) is 4.98. The van der Waals surface area contributed by atoms with E-state index in [1.165, 1.54) is 19.1 Å². The van der Waals surface area contributed by atoms with Crippen LogP contribution < -0.4 is 16.2 Å². The maximum absolute atomic E-state index is 13.6. The number of phenols is 2. The Labute approximate surface area is 296 Å². The summed E-state index contributed by atoms with van der Waals surface area (Å²) in [5, 5.41) is 46.2. The van der Waals surface area contributed by atoms with Gasteiger partial charge < -0.3 is 45.6 Å². The molecule has 2 saturated heterocycles. The molecule has 3 aliphatic rings. The Bertz CT molecular complexity index is 1840. The number of anilines is 1. The summed E-state index contributed by atoms with van der Waals surface area (Å²) in [6, 6.07) is 3.68. The number of nitrogens with two attached hydrogens (primary N) is 1. The van der Waals surface area contributed by atoms with Gasteiger partial charge in [0.25, 0.3) is 5.91 Å². The van der Waals surface area contributed by atoms with Crippen LogP contribution in [0.5, 0.6) is 11.5 Å². The maximum atomic E-state index is 13.6. The van der Waals surface area contributed by atoms with Crippen LogP contribution in [0, 0.1) is 5.92 Å². The van der Waals surface area contributed by atoms with E-state index in [9.17, 15) is 43.5 Å². The summed E-state index contributed by atoms with van der Waals surface area (Å²) >= 11 is 7.00. The highest BCUT2D eigenvalue weighted by molar-refractivity contribution is 7.86. The van der Waals surface area contributed by atoms with Gasteiger partial charge in [0.15, 0.2) is 28.1 Å². The van der Waals surface area contributed by atoms with Gasteiger partial charge in [-0.3, -0.25) is 23.5 Å². The van der Waals surface area contributed by atoms with E-state index in [0.29, 0.717) is 24.1 Å². The molecule has 1 aromatic carbocycles. The largest absolute Gasteiger partial charge is 0.543 e. The zero-order chi connectivity index (χ0) is 36.5. The molecule has 4 heterocycles. The van der Waals surface area contributed by atoms with Crippen molar-refractivity contribution in [1.82, 2.24) is 15.2 Å². The van der Waals surface area contributed by atoms with Gasteiger partial charge in [0, 0.05) is 41.2 Å². The number of carbonyl (C=O) groups is 5. The number of likely N-dealkylation sites (tertiary alicyclic amines) is 1. The lowest BCUT2D eigenvalue weighted by atomic mass is 9.89. The lowest BCUT2D eigenvalue weighted by Gasteiger charge is -2.51. The number of hydrogen-bond donors (Lipinski definition) is 5. The van der Waals surface area contributed by atoms with Crippen molar-refractivity contribution in [3.8, 4) is 11.5 Å². The standard InChI is InChI=1S/C30H33ClN6O11S2/c1-14(28(43)44)48-35-21(22-24(31)49-30(32)34-22)20(40)11-17-26(42)36-23(29(45)46)16(13-50(47)27(17)36)12-37(7-2-3-8-37)9-6-33-25(41)15-4-5-18(38)19(39)10-15/h4-5,10,14,17,27H,2-3,6-9,11-13H2,1H3,(H6-,32,33,34,35,38,39,40,41,43,44,45,46)/t14-,17+,27+,50?/m0/s1. The quantitative estimate of drug-likeness (QED) is 0.0538. The third-order valence-corrected chi connectivity index (χ3v) is 11.6.